The Hall–Kier alpha value is -2.20. The van der Waals surface area contributed by atoms with Crippen molar-refractivity contribution in [3.05, 3.63) is 28.3 Å². The van der Waals surface area contributed by atoms with Gasteiger partial charge in [0.25, 0.3) is 5.69 Å². The Morgan fingerprint density at radius 2 is 1.86 bits per heavy atom. The number of carbonyl (C=O) groups is 1. The van der Waals surface area contributed by atoms with Crippen LogP contribution in [0.4, 0.5) is 11.4 Å². The number of primary amides is 1. The zero-order valence-electron chi connectivity index (χ0n) is 16.8. The average molecular weight is 425 g/mol. The van der Waals surface area contributed by atoms with Crippen molar-refractivity contribution in [1.29, 1.82) is 0 Å². The molecular formula is C19H28N4O5S. The second kappa shape index (κ2) is 8.27. The molecule has 9 nitrogen and oxygen atoms in total. The second-order valence-corrected chi connectivity index (χ2v) is 10.3. The summed E-state index contributed by atoms with van der Waals surface area (Å²) in [6.07, 6.45) is 2.30. The van der Waals surface area contributed by atoms with Gasteiger partial charge in [0.2, 0.25) is 15.9 Å². The minimum Gasteiger partial charge on any atom is -0.369 e. The monoisotopic (exact) mass is 424 g/mol. The van der Waals surface area contributed by atoms with Gasteiger partial charge in [-0.15, -0.1) is 0 Å². The van der Waals surface area contributed by atoms with Crippen LogP contribution in [-0.4, -0.2) is 49.7 Å². The number of piperidine rings is 2. The fraction of sp³-hybridized carbons (Fsp3) is 0.632. The van der Waals surface area contributed by atoms with Gasteiger partial charge in [-0.1, -0.05) is 13.8 Å². The third-order valence-corrected chi connectivity index (χ3v) is 7.61. The molecule has 0 saturated carbocycles. The van der Waals surface area contributed by atoms with Gasteiger partial charge in [0.1, 0.15) is 5.69 Å². The van der Waals surface area contributed by atoms with Crippen LogP contribution in [0.25, 0.3) is 0 Å². The molecule has 10 heteroatoms. The maximum Gasteiger partial charge on any atom is 0.293 e. The van der Waals surface area contributed by atoms with Crippen molar-refractivity contribution in [3.8, 4) is 0 Å². The van der Waals surface area contributed by atoms with Gasteiger partial charge in [-0.25, -0.2) is 8.42 Å². The number of nitro groups is 1. The molecule has 2 saturated heterocycles. The minimum absolute atomic E-state index is 0.0716. The van der Waals surface area contributed by atoms with E-state index in [2.05, 4.69) is 0 Å². The van der Waals surface area contributed by atoms with E-state index in [1.807, 2.05) is 13.8 Å². The summed E-state index contributed by atoms with van der Waals surface area (Å²) < 4.78 is 27.6. The lowest BCUT2D eigenvalue weighted by Crippen LogP contribution is -2.42. The summed E-state index contributed by atoms with van der Waals surface area (Å²) in [4.78, 5) is 24.4. The van der Waals surface area contributed by atoms with Crippen molar-refractivity contribution in [2.45, 2.75) is 38.0 Å². The molecule has 2 N–H and O–H groups in total. The molecule has 2 aliphatic rings. The number of hydrogen-bond acceptors (Lipinski definition) is 6. The molecule has 0 radical (unpaired) electrons. The Morgan fingerprint density at radius 3 is 2.45 bits per heavy atom. The summed E-state index contributed by atoms with van der Waals surface area (Å²) in [5.41, 5.74) is 5.46. The molecule has 160 valence electrons. The number of hydrogen-bond donors (Lipinski definition) is 1. The van der Waals surface area contributed by atoms with Gasteiger partial charge in [0, 0.05) is 32.2 Å². The molecule has 29 heavy (non-hydrogen) atoms. The predicted octanol–water partition coefficient (Wildman–Crippen LogP) is 1.96. The van der Waals surface area contributed by atoms with Gasteiger partial charge in [-0.05, 0) is 43.2 Å². The Morgan fingerprint density at radius 1 is 1.21 bits per heavy atom. The molecule has 3 atom stereocenters. The molecule has 1 amide bonds. The number of nitro benzene ring substituents is 1. The molecule has 2 fully saturated rings. The summed E-state index contributed by atoms with van der Waals surface area (Å²) in [6.45, 7) is 5.69. The normalized spacial score (nSPS) is 26.3. The molecule has 0 aromatic heterocycles. The van der Waals surface area contributed by atoms with E-state index in [1.165, 1.54) is 16.4 Å². The van der Waals surface area contributed by atoms with E-state index >= 15 is 0 Å². The predicted molar refractivity (Wildman–Crippen MR) is 109 cm³/mol. The van der Waals surface area contributed by atoms with Crippen LogP contribution in [-0.2, 0) is 14.8 Å². The van der Waals surface area contributed by atoms with Crippen molar-refractivity contribution in [3.63, 3.8) is 0 Å². The highest BCUT2D eigenvalue weighted by molar-refractivity contribution is 7.89. The smallest absolute Gasteiger partial charge is 0.293 e. The molecule has 2 aliphatic heterocycles. The van der Waals surface area contributed by atoms with Crippen LogP contribution in [0, 0.1) is 27.9 Å². The van der Waals surface area contributed by atoms with Gasteiger partial charge < -0.3 is 10.6 Å². The highest BCUT2D eigenvalue weighted by atomic mass is 32.2. The maximum absolute atomic E-state index is 13.1. The van der Waals surface area contributed by atoms with Crippen molar-refractivity contribution >= 4 is 27.3 Å². The van der Waals surface area contributed by atoms with Gasteiger partial charge in [-0.3, -0.25) is 14.9 Å². The van der Waals surface area contributed by atoms with Crippen LogP contribution in [0.3, 0.4) is 0 Å². The van der Waals surface area contributed by atoms with Gasteiger partial charge in [-0.2, -0.15) is 4.31 Å². The van der Waals surface area contributed by atoms with E-state index in [9.17, 15) is 23.3 Å². The number of nitrogens with two attached hydrogens (primary N) is 1. The van der Waals surface area contributed by atoms with E-state index in [4.69, 9.17) is 5.73 Å². The Labute approximate surface area is 171 Å². The van der Waals surface area contributed by atoms with Crippen LogP contribution in [0.1, 0.15) is 33.1 Å². The first-order valence-corrected chi connectivity index (χ1v) is 11.4. The van der Waals surface area contributed by atoms with Crippen LogP contribution >= 0.6 is 0 Å². The molecule has 0 spiro atoms. The van der Waals surface area contributed by atoms with Gasteiger partial charge in [0.05, 0.1) is 15.7 Å². The first-order valence-electron chi connectivity index (χ1n) is 9.92. The molecular weight excluding hydrogens is 396 g/mol. The Balaban J connectivity index is 1.94. The van der Waals surface area contributed by atoms with Gasteiger partial charge >= 0.3 is 0 Å². The molecule has 1 aromatic carbocycles. The van der Waals surface area contributed by atoms with Crippen LogP contribution in [0.2, 0.25) is 0 Å². The number of sulfonamides is 1. The second-order valence-electron chi connectivity index (χ2n) is 8.36. The quantitative estimate of drug-likeness (QED) is 0.569. The third-order valence-electron chi connectivity index (χ3n) is 5.78. The molecule has 1 aromatic rings. The average Bonchev–Trinajstić information content (AvgIpc) is 2.66. The van der Waals surface area contributed by atoms with E-state index < -0.39 is 20.9 Å². The number of amides is 1. The highest BCUT2D eigenvalue weighted by Crippen LogP contribution is 2.35. The maximum atomic E-state index is 13.1. The standard InChI is InChI=1S/C19H28N4O5S/c1-13-8-14(2)11-22(10-13)29(27,28)16-5-6-17(18(9-16)23(25)26)21-7-3-4-15(12-21)19(20)24/h5-6,9,13-15H,3-4,7-8,10-12H2,1-2H3,(H2,20,24)/t13-,14+,15-/m0/s1. The summed E-state index contributed by atoms with van der Waals surface area (Å²) in [5.74, 6) is -0.322. The van der Waals surface area contributed by atoms with Crippen molar-refractivity contribution in [1.82, 2.24) is 4.31 Å². The van der Waals surface area contributed by atoms with Crippen molar-refractivity contribution in [2.75, 3.05) is 31.1 Å². The van der Waals surface area contributed by atoms with Crippen LogP contribution in [0.15, 0.2) is 23.1 Å². The lowest BCUT2D eigenvalue weighted by atomic mass is 9.94. The number of rotatable bonds is 5. The molecule has 0 bridgehead atoms. The summed E-state index contributed by atoms with van der Waals surface area (Å²) in [6, 6.07) is 4.04. The van der Waals surface area contributed by atoms with E-state index in [0.29, 0.717) is 44.7 Å². The van der Waals surface area contributed by atoms with Crippen molar-refractivity contribution < 1.29 is 18.1 Å². The molecule has 3 rings (SSSR count). The number of anilines is 1. The minimum atomic E-state index is -3.82. The Bertz CT molecular complexity index is 894. The largest absolute Gasteiger partial charge is 0.369 e. The first-order chi connectivity index (χ1) is 13.6. The lowest BCUT2D eigenvalue weighted by Gasteiger charge is -2.34. The van der Waals surface area contributed by atoms with E-state index in [1.54, 1.807) is 4.90 Å². The molecule has 2 heterocycles. The zero-order chi connectivity index (χ0) is 21.3. The highest BCUT2D eigenvalue weighted by Gasteiger charge is 2.34. The van der Waals surface area contributed by atoms with E-state index in [-0.39, 0.29) is 28.3 Å². The summed E-state index contributed by atoms with van der Waals surface area (Å²) in [5, 5.41) is 11.7. The SMILES string of the molecule is C[C@@H]1C[C@H](C)CN(S(=O)(=O)c2ccc(N3CCC[C@H](C(N)=O)C3)c([N+](=O)[O-])c2)C1. The van der Waals surface area contributed by atoms with Crippen LogP contribution in [0.5, 0.6) is 0 Å². The number of nitrogens with zero attached hydrogens (tertiary/aromatic N) is 3. The number of carbonyl (C=O) groups excluding carboxylic acids is 1. The molecule has 0 aliphatic carbocycles. The van der Waals surface area contributed by atoms with Crippen molar-refractivity contribution in [2.24, 2.45) is 23.5 Å². The topological polar surface area (TPSA) is 127 Å². The fourth-order valence-electron chi connectivity index (χ4n) is 4.46. The zero-order valence-corrected chi connectivity index (χ0v) is 17.6. The van der Waals surface area contributed by atoms with Crippen LogP contribution < -0.4 is 10.6 Å². The lowest BCUT2D eigenvalue weighted by molar-refractivity contribution is -0.384. The third kappa shape index (κ3) is 4.53. The van der Waals surface area contributed by atoms with E-state index in [0.717, 1.165) is 12.5 Å². The summed E-state index contributed by atoms with van der Waals surface area (Å²) in [7, 11) is -3.82. The Kier molecular flexibility index (Phi) is 6.13. The van der Waals surface area contributed by atoms with Gasteiger partial charge in [0.15, 0.2) is 0 Å². The number of benzene rings is 1. The molecule has 0 unspecified atom stereocenters. The fourth-order valence-corrected chi connectivity index (χ4v) is 6.16. The summed E-state index contributed by atoms with van der Waals surface area (Å²) >= 11 is 0. The first kappa shape index (κ1) is 21.5.